The van der Waals surface area contributed by atoms with Crippen LogP contribution in [-0.2, 0) is 13.1 Å². The summed E-state index contributed by atoms with van der Waals surface area (Å²) in [6.07, 6.45) is 1.67. The fraction of sp³-hybridized carbons (Fsp3) is 0.278. The summed E-state index contributed by atoms with van der Waals surface area (Å²) in [7, 11) is 2.00. The molecule has 22 heavy (non-hydrogen) atoms. The smallest absolute Gasteiger partial charge is 0.336 e. The Bertz CT molecular complexity index is 847. The number of fused-ring (bicyclic) bond motifs is 1. The molecule has 2 aromatic heterocycles. The highest BCUT2D eigenvalue weighted by Crippen LogP contribution is 2.22. The molecule has 114 valence electrons. The first-order valence-corrected chi connectivity index (χ1v) is 7.28. The summed E-state index contributed by atoms with van der Waals surface area (Å²) in [5.74, 6) is 0.904. The molecule has 0 fully saturated rings. The number of benzene rings is 1. The van der Waals surface area contributed by atoms with E-state index in [0.717, 1.165) is 22.3 Å². The molecule has 4 heteroatoms. The average molecular weight is 297 g/mol. The number of hydrogen-bond donors (Lipinski definition) is 0. The van der Waals surface area contributed by atoms with Crippen molar-refractivity contribution in [3.8, 4) is 0 Å². The summed E-state index contributed by atoms with van der Waals surface area (Å²) in [4.78, 5) is 13.9. The predicted octanol–water partition coefficient (Wildman–Crippen LogP) is 3.63. The molecule has 0 saturated carbocycles. The second-order valence-corrected chi connectivity index (χ2v) is 5.77. The van der Waals surface area contributed by atoms with E-state index in [1.807, 2.05) is 32.2 Å². The zero-order valence-electron chi connectivity index (χ0n) is 13.1. The maximum Gasteiger partial charge on any atom is 0.336 e. The summed E-state index contributed by atoms with van der Waals surface area (Å²) in [6.45, 7) is 5.44. The third kappa shape index (κ3) is 2.97. The number of hydrogen-bond acceptors (Lipinski definition) is 4. The first-order chi connectivity index (χ1) is 10.5. The van der Waals surface area contributed by atoms with Crippen molar-refractivity contribution in [1.82, 2.24) is 4.90 Å². The van der Waals surface area contributed by atoms with Crippen molar-refractivity contribution >= 4 is 11.0 Å². The molecule has 2 heterocycles. The quantitative estimate of drug-likeness (QED) is 0.690. The second kappa shape index (κ2) is 5.81. The normalized spacial score (nSPS) is 11.5. The Morgan fingerprint density at radius 1 is 1.09 bits per heavy atom. The van der Waals surface area contributed by atoms with Crippen molar-refractivity contribution in [3.05, 3.63) is 69.5 Å². The summed E-state index contributed by atoms with van der Waals surface area (Å²) < 4.78 is 10.7. The molecule has 0 bridgehead atoms. The molecule has 0 saturated heterocycles. The molecule has 1 aromatic carbocycles. The Morgan fingerprint density at radius 2 is 1.86 bits per heavy atom. The maximum absolute atomic E-state index is 11.8. The zero-order chi connectivity index (χ0) is 15.7. The van der Waals surface area contributed by atoms with E-state index in [0.29, 0.717) is 18.7 Å². The lowest BCUT2D eigenvalue weighted by molar-refractivity contribution is 0.288. The fourth-order valence-electron chi connectivity index (χ4n) is 2.63. The molecule has 0 unspecified atom stereocenters. The van der Waals surface area contributed by atoms with Gasteiger partial charge in [-0.15, -0.1) is 0 Å². The van der Waals surface area contributed by atoms with Gasteiger partial charge in [-0.2, -0.15) is 0 Å². The van der Waals surface area contributed by atoms with Crippen LogP contribution in [0, 0.1) is 13.8 Å². The zero-order valence-corrected chi connectivity index (χ0v) is 13.1. The minimum Gasteiger partial charge on any atom is -0.468 e. The van der Waals surface area contributed by atoms with Gasteiger partial charge in [0.2, 0.25) is 0 Å². The Hall–Kier alpha value is -2.33. The van der Waals surface area contributed by atoms with Crippen molar-refractivity contribution in [1.29, 1.82) is 0 Å². The van der Waals surface area contributed by atoms with E-state index in [1.54, 1.807) is 12.3 Å². The molecule has 0 aliphatic carbocycles. The van der Waals surface area contributed by atoms with Crippen LogP contribution in [0.2, 0.25) is 0 Å². The van der Waals surface area contributed by atoms with Crippen molar-refractivity contribution in [3.63, 3.8) is 0 Å². The van der Waals surface area contributed by atoms with Gasteiger partial charge in [0.15, 0.2) is 0 Å². The van der Waals surface area contributed by atoms with Gasteiger partial charge in [0.05, 0.1) is 12.8 Å². The van der Waals surface area contributed by atoms with Gasteiger partial charge in [-0.05, 0) is 61.9 Å². The van der Waals surface area contributed by atoms with E-state index in [9.17, 15) is 4.79 Å². The van der Waals surface area contributed by atoms with Crippen molar-refractivity contribution in [2.75, 3.05) is 7.05 Å². The van der Waals surface area contributed by atoms with Gasteiger partial charge in [0, 0.05) is 18.0 Å². The van der Waals surface area contributed by atoms with E-state index in [2.05, 4.69) is 17.9 Å². The minimum absolute atomic E-state index is 0.308. The van der Waals surface area contributed by atoms with Crippen LogP contribution in [0.25, 0.3) is 11.0 Å². The van der Waals surface area contributed by atoms with Gasteiger partial charge in [-0.1, -0.05) is 0 Å². The second-order valence-electron chi connectivity index (χ2n) is 5.77. The van der Waals surface area contributed by atoms with Gasteiger partial charge in [-0.3, -0.25) is 4.90 Å². The monoisotopic (exact) mass is 297 g/mol. The Kier molecular flexibility index (Phi) is 3.86. The summed E-state index contributed by atoms with van der Waals surface area (Å²) in [5, 5.41) is 0.994. The first-order valence-electron chi connectivity index (χ1n) is 7.28. The molecule has 3 rings (SSSR count). The Balaban J connectivity index is 1.95. The molecular weight excluding hydrogens is 278 g/mol. The minimum atomic E-state index is -0.308. The topological polar surface area (TPSA) is 46.6 Å². The molecular formula is C18H19NO3. The molecule has 4 nitrogen and oxygen atoms in total. The van der Waals surface area contributed by atoms with Gasteiger partial charge in [0.25, 0.3) is 0 Å². The number of aryl methyl sites for hydroxylation is 2. The molecule has 0 radical (unpaired) electrons. The molecule has 0 atom stereocenters. The van der Waals surface area contributed by atoms with E-state index in [4.69, 9.17) is 8.83 Å². The summed E-state index contributed by atoms with van der Waals surface area (Å²) >= 11 is 0. The molecule has 0 aliphatic rings. The average Bonchev–Trinajstić information content (AvgIpc) is 2.93. The van der Waals surface area contributed by atoms with Crippen molar-refractivity contribution < 1.29 is 8.83 Å². The van der Waals surface area contributed by atoms with Crippen molar-refractivity contribution in [2.45, 2.75) is 26.9 Å². The lowest BCUT2D eigenvalue weighted by Gasteiger charge is -2.16. The molecule has 0 aliphatic heterocycles. The van der Waals surface area contributed by atoms with Gasteiger partial charge < -0.3 is 8.83 Å². The van der Waals surface area contributed by atoms with Crippen LogP contribution in [0.15, 0.2) is 50.2 Å². The largest absolute Gasteiger partial charge is 0.468 e. The first kappa shape index (κ1) is 14.6. The number of nitrogens with zero attached hydrogens (tertiary/aromatic N) is 1. The predicted molar refractivity (Wildman–Crippen MR) is 85.8 cm³/mol. The van der Waals surface area contributed by atoms with Gasteiger partial charge in [0.1, 0.15) is 11.3 Å². The maximum atomic E-state index is 11.8. The lowest BCUT2D eigenvalue weighted by Crippen LogP contribution is -2.18. The lowest BCUT2D eigenvalue weighted by atomic mass is 10.0. The Labute approximate surface area is 129 Å². The van der Waals surface area contributed by atoms with E-state index in [1.165, 1.54) is 5.56 Å². The number of furan rings is 1. The molecule has 3 aromatic rings. The highest BCUT2D eigenvalue weighted by molar-refractivity contribution is 5.81. The van der Waals surface area contributed by atoms with Gasteiger partial charge >= 0.3 is 5.63 Å². The Morgan fingerprint density at radius 3 is 2.59 bits per heavy atom. The van der Waals surface area contributed by atoms with Crippen LogP contribution in [0.5, 0.6) is 0 Å². The SMILES string of the molecule is Cc1cc2oc(=O)cc(CN(C)Cc3ccco3)c2cc1C. The summed E-state index contributed by atoms with van der Waals surface area (Å²) in [6, 6.07) is 9.42. The standard InChI is InChI=1S/C18H19NO3/c1-12-7-16-14(9-18(20)22-17(16)8-13(12)2)10-19(3)11-15-5-4-6-21-15/h4-9H,10-11H2,1-3H3. The third-order valence-electron chi connectivity index (χ3n) is 3.89. The van der Waals surface area contributed by atoms with Crippen LogP contribution >= 0.6 is 0 Å². The van der Waals surface area contributed by atoms with E-state index in [-0.39, 0.29) is 5.63 Å². The van der Waals surface area contributed by atoms with E-state index >= 15 is 0 Å². The van der Waals surface area contributed by atoms with Crippen LogP contribution < -0.4 is 5.63 Å². The van der Waals surface area contributed by atoms with Gasteiger partial charge in [-0.25, -0.2) is 4.79 Å². The third-order valence-corrected chi connectivity index (χ3v) is 3.89. The molecule has 0 amide bonds. The molecule has 0 N–H and O–H groups in total. The van der Waals surface area contributed by atoms with Crippen LogP contribution in [0.4, 0.5) is 0 Å². The number of rotatable bonds is 4. The fourth-order valence-corrected chi connectivity index (χ4v) is 2.63. The van der Waals surface area contributed by atoms with Crippen LogP contribution in [0.1, 0.15) is 22.5 Å². The molecule has 0 spiro atoms. The highest BCUT2D eigenvalue weighted by Gasteiger charge is 2.11. The highest BCUT2D eigenvalue weighted by atomic mass is 16.4. The van der Waals surface area contributed by atoms with Crippen molar-refractivity contribution in [2.24, 2.45) is 0 Å². The van der Waals surface area contributed by atoms with Crippen LogP contribution in [-0.4, -0.2) is 11.9 Å². The van der Waals surface area contributed by atoms with Crippen LogP contribution in [0.3, 0.4) is 0 Å². The van der Waals surface area contributed by atoms with E-state index < -0.39 is 0 Å². The summed E-state index contributed by atoms with van der Waals surface area (Å²) in [5.41, 5.74) is 3.63.